The Hall–Kier alpha value is -3.60. The molecule has 1 aliphatic heterocycles. The molecule has 3 N–H and O–H groups in total. The number of carbonyl (C=O) groups excluding carboxylic acids is 2. The molecule has 2 aliphatic rings. The summed E-state index contributed by atoms with van der Waals surface area (Å²) in [7, 11) is 0. The van der Waals surface area contributed by atoms with E-state index in [1.165, 1.54) is 35.2 Å². The maximum Gasteiger partial charge on any atom is 0.235 e. The molecule has 1 aliphatic carbocycles. The van der Waals surface area contributed by atoms with E-state index < -0.39 is 11.7 Å². The van der Waals surface area contributed by atoms with Gasteiger partial charge >= 0.3 is 0 Å². The Morgan fingerprint density at radius 3 is 2.70 bits per heavy atom. The minimum atomic E-state index is -0.710. The topological polar surface area (TPSA) is 138 Å². The first-order chi connectivity index (χ1) is 19.1. The Kier molecular flexibility index (Phi) is 7.76. The molecule has 1 amide bonds. The quantitative estimate of drug-likeness (QED) is 0.334. The predicted octanol–water partition coefficient (Wildman–Crippen LogP) is 5.51. The van der Waals surface area contributed by atoms with E-state index in [1.54, 1.807) is 35.4 Å². The number of amides is 1. The lowest BCUT2D eigenvalue weighted by atomic mass is 9.69. The van der Waals surface area contributed by atoms with Gasteiger partial charge < -0.3 is 11.1 Å². The fourth-order valence-electron chi connectivity index (χ4n) is 4.82. The number of benzene rings is 1. The van der Waals surface area contributed by atoms with E-state index in [2.05, 4.69) is 42.5 Å². The number of aromatic nitrogens is 3. The summed E-state index contributed by atoms with van der Waals surface area (Å²) in [5.41, 5.74) is 8.17. The second-order valence-corrected chi connectivity index (χ2v) is 13.2. The smallest absolute Gasteiger partial charge is 0.235 e. The maximum atomic E-state index is 13.7. The van der Waals surface area contributed by atoms with Crippen LogP contribution in [0.3, 0.4) is 0 Å². The van der Waals surface area contributed by atoms with E-state index in [9.17, 15) is 19.2 Å². The molecule has 9 nitrogen and oxygen atoms in total. The van der Waals surface area contributed by atoms with Gasteiger partial charge in [0.1, 0.15) is 17.5 Å². The zero-order chi connectivity index (χ0) is 28.6. The zero-order valence-electron chi connectivity index (χ0n) is 21.4. The number of nitrogens with one attached hydrogen (secondary N) is 1. The van der Waals surface area contributed by atoms with Crippen LogP contribution in [-0.4, -0.2) is 32.6 Å². The van der Waals surface area contributed by atoms with Crippen molar-refractivity contribution in [3.63, 3.8) is 0 Å². The first kappa shape index (κ1) is 27.9. The fourth-order valence-corrected chi connectivity index (χ4v) is 6.74. The Bertz CT molecular complexity index is 1590. The number of halogens is 2. The molecule has 2 aromatic heterocycles. The van der Waals surface area contributed by atoms with E-state index in [1.807, 2.05) is 13.8 Å². The highest BCUT2D eigenvalue weighted by atomic mass is 79.9. The lowest BCUT2D eigenvalue weighted by Gasteiger charge is -2.42. The van der Waals surface area contributed by atoms with Crippen molar-refractivity contribution in [3.8, 4) is 6.07 Å². The number of hydrogen-bond acceptors (Lipinski definition) is 10. The summed E-state index contributed by atoms with van der Waals surface area (Å²) in [6, 6.07) is 11.4. The number of rotatable bonds is 6. The van der Waals surface area contributed by atoms with Gasteiger partial charge in [0, 0.05) is 28.4 Å². The summed E-state index contributed by atoms with van der Waals surface area (Å²) in [5, 5.41) is 21.8. The summed E-state index contributed by atoms with van der Waals surface area (Å²) in [6.45, 7) is 4.00. The van der Waals surface area contributed by atoms with Crippen LogP contribution < -0.4 is 16.0 Å². The van der Waals surface area contributed by atoms with E-state index in [0.29, 0.717) is 45.0 Å². The molecule has 3 heterocycles. The number of hydrogen-bond donors (Lipinski definition) is 2. The number of ketones is 1. The molecule has 1 aromatic carbocycles. The average Bonchev–Trinajstić information content (AvgIpc) is 3.36. The van der Waals surface area contributed by atoms with Crippen LogP contribution in [-0.2, 0) is 9.59 Å². The summed E-state index contributed by atoms with van der Waals surface area (Å²) < 4.78 is 15.0. The second kappa shape index (κ2) is 11.1. The number of Topliss-reactive ketones (excluding diaryl/α,β-unsaturated/α-hetero) is 1. The molecular weight excluding hydrogens is 617 g/mol. The lowest BCUT2D eigenvalue weighted by molar-refractivity contribution is -0.118. The van der Waals surface area contributed by atoms with Gasteiger partial charge in [-0.25, -0.2) is 9.37 Å². The highest BCUT2D eigenvalue weighted by Gasteiger charge is 2.45. The third-order valence-corrected chi connectivity index (χ3v) is 9.00. The largest absolute Gasteiger partial charge is 0.384 e. The van der Waals surface area contributed by atoms with Crippen LogP contribution in [0.2, 0.25) is 0 Å². The predicted molar refractivity (Wildman–Crippen MR) is 155 cm³/mol. The van der Waals surface area contributed by atoms with Crippen molar-refractivity contribution in [3.05, 3.63) is 81.1 Å². The molecule has 0 radical (unpaired) electrons. The van der Waals surface area contributed by atoms with Crippen molar-refractivity contribution in [2.45, 2.75) is 36.9 Å². The standard InChI is InChI=1S/C27H23BrFN7O2S2/c1-27(2)9-18-23(19(37)10-27)22(14-3-6-16(29)7-4-14)17(11-30)24(31)36(18)25-34-35-26(40-25)39-13-21(38)33-20-8-5-15(28)12-32-20/h3-8,12,22H,9-10,13,31H2,1-2H3,(H,32,33,38). The van der Waals surface area contributed by atoms with Crippen molar-refractivity contribution in [2.75, 3.05) is 16.0 Å². The average molecular weight is 641 g/mol. The summed E-state index contributed by atoms with van der Waals surface area (Å²) in [5.74, 6) is -0.821. The highest BCUT2D eigenvalue weighted by molar-refractivity contribution is 9.10. The molecule has 0 saturated heterocycles. The monoisotopic (exact) mass is 639 g/mol. The number of anilines is 2. The SMILES string of the molecule is CC1(C)CC(=O)C2=C(C1)N(c1nnc(SCC(=O)Nc3ccc(Br)cn3)s1)C(N)=C(C#N)C2c1ccc(F)cc1. The fraction of sp³-hybridized carbons (Fsp3) is 0.259. The molecular formula is C27H23BrFN7O2S2. The molecule has 3 aromatic rings. The third kappa shape index (κ3) is 5.65. The Morgan fingerprint density at radius 2 is 2.02 bits per heavy atom. The van der Waals surface area contributed by atoms with Crippen molar-refractivity contribution < 1.29 is 14.0 Å². The van der Waals surface area contributed by atoms with Gasteiger partial charge in [-0.1, -0.05) is 49.1 Å². The third-order valence-electron chi connectivity index (χ3n) is 6.49. The molecule has 204 valence electrons. The number of allylic oxidation sites excluding steroid dienone is 3. The van der Waals surface area contributed by atoms with Crippen molar-refractivity contribution in [1.82, 2.24) is 15.2 Å². The van der Waals surface area contributed by atoms with Crippen LogP contribution in [0.5, 0.6) is 0 Å². The van der Waals surface area contributed by atoms with Crippen molar-refractivity contribution >= 4 is 61.7 Å². The van der Waals surface area contributed by atoms with Gasteiger partial charge in [-0.2, -0.15) is 5.26 Å². The van der Waals surface area contributed by atoms with Crippen LogP contribution >= 0.6 is 39.0 Å². The van der Waals surface area contributed by atoms with Crippen molar-refractivity contribution in [2.24, 2.45) is 11.1 Å². The van der Waals surface area contributed by atoms with Crippen molar-refractivity contribution in [1.29, 1.82) is 5.26 Å². The summed E-state index contributed by atoms with van der Waals surface area (Å²) in [6.07, 6.45) is 2.40. The van der Waals surface area contributed by atoms with Gasteiger partial charge in [0.25, 0.3) is 0 Å². The molecule has 0 spiro atoms. The molecule has 5 rings (SSSR count). The molecule has 1 unspecified atom stereocenters. The normalized spacial score (nSPS) is 18.4. The molecule has 1 atom stereocenters. The number of pyridine rings is 1. The molecule has 0 fully saturated rings. The number of nitrogens with zero attached hydrogens (tertiary/aromatic N) is 5. The zero-order valence-corrected chi connectivity index (χ0v) is 24.7. The lowest BCUT2D eigenvalue weighted by Crippen LogP contribution is -2.42. The minimum Gasteiger partial charge on any atom is -0.384 e. The summed E-state index contributed by atoms with van der Waals surface area (Å²) in [4.78, 5) is 31.8. The van der Waals surface area contributed by atoms with Gasteiger partial charge in [0.2, 0.25) is 11.0 Å². The number of nitriles is 1. The molecule has 0 saturated carbocycles. The van der Waals surface area contributed by atoms with Gasteiger partial charge in [0.15, 0.2) is 10.1 Å². The van der Waals surface area contributed by atoms with Crippen LogP contribution in [0.25, 0.3) is 0 Å². The summed E-state index contributed by atoms with van der Waals surface area (Å²) >= 11 is 5.72. The van der Waals surface area contributed by atoms with Crippen LogP contribution in [0, 0.1) is 22.6 Å². The van der Waals surface area contributed by atoms with E-state index in [4.69, 9.17) is 5.73 Å². The number of nitrogens with two attached hydrogens (primary N) is 1. The van der Waals surface area contributed by atoms with Gasteiger partial charge in [-0.05, 0) is 57.6 Å². The molecule has 40 heavy (non-hydrogen) atoms. The Labute approximate surface area is 246 Å². The van der Waals surface area contributed by atoms with Gasteiger partial charge in [0.05, 0.1) is 23.3 Å². The highest BCUT2D eigenvalue weighted by Crippen LogP contribution is 2.50. The number of carbonyl (C=O) groups is 2. The van der Waals surface area contributed by atoms with Gasteiger partial charge in [-0.3, -0.25) is 14.5 Å². The number of thioether (sulfide) groups is 1. The van der Waals surface area contributed by atoms with Crippen LogP contribution in [0.15, 0.2) is 74.1 Å². The Balaban J connectivity index is 1.46. The van der Waals surface area contributed by atoms with Crippen LogP contribution in [0.1, 0.15) is 38.2 Å². The van der Waals surface area contributed by atoms with E-state index >= 15 is 0 Å². The van der Waals surface area contributed by atoms with E-state index in [-0.39, 0.29) is 34.3 Å². The van der Waals surface area contributed by atoms with Crippen LogP contribution in [0.4, 0.5) is 15.3 Å². The van der Waals surface area contributed by atoms with Gasteiger partial charge in [-0.15, -0.1) is 10.2 Å². The maximum absolute atomic E-state index is 13.7. The molecule has 13 heteroatoms. The minimum absolute atomic E-state index is 0.0766. The molecule has 0 bridgehead atoms. The second-order valence-electron chi connectivity index (χ2n) is 10.1. The first-order valence-electron chi connectivity index (χ1n) is 12.2. The first-order valence-corrected chi connectivity index (χ1v) is 14.7. The van der Waals surface area contributed by atoms with E-state index in [0.717, 1.165) is 4.47 Å². The Morgan fingerprint density at radius 1 is 1.27 bits per heavy atom.